The molecule has 1 amide bonds. The van der Waals surface area contributed by atoms with E-state index in [1.54, 1.807) is 55.0 Å². The summed E-state index contributed by atoms with van der Waals surface area (Å²) in [5.41, 5.74) is 3.98. The molecule has 5 aromatic heterocycles. The van der Waals surface area contributed by atoms with Crippen LogP contribution in [0.3, 0.4) is 0 Å². The van der Waals surface area contributed by atoms with Crippen molar-refractivity contribution >= 4 is 23.1 Å². The quantitative estimate of drug-likeness (QED) is 0.156. The van der Waals surface area contributed by atoms with Crippen LogP contribution >= 0.6 is 0 Å². The second-order valence-corrected chi connectivity index (χ2v) is 11.9. The summed E-state index contributed by atoms with van der Waals surface area (Å²) in [6.07, 6.45) is 4.26. The maximum Gasteiger partial charge on any atom is 0.433 e. The van der Waals surface area contributed by atoms with Gasteiger partial charge in [0, 0.05) is 36.6 Å². The van der Waals surface area contributed by atoms with Gasteiger partial charge in [0.2, 0.25) is 0 Å². The molecule has 268 valence electrons. The van der Waals surface area contributed by atoms with E-state index in [0.29, 0.717) is 53.3 Å². The van der Waals surface area contributed by atoms with Crippen molar-refractivity contribution < 1.29 is 27.4 Å². The molecule has 0 bridgehead atoms. The Morgan fingerprint density at radius 2 is 1.51 bits per heavy atom. The van der Waals surface area contributed by atoms with Crippen LogP contribution < -0.4 is 19.7 Å². The number of carbonyl (C=O) groups excluding carboxylic acids is 1. The molecule has 0 saturated heterocycles. The molecule has 0 atom stereocenters. The van der Waals surface area contributed by atoms with E-state index in [4.69, 9.17) is 14.5 Å². The predicted octanol–water partition coefficient (Wildman–Crippen LogP) is 6.57. The standard InChI is InChI=1S/C37H31F3N10O3/c1-23-31(15-28(17-42-23)47-36(51)26-12-13-41-33(14-26)37(38,39)40)49-21-27(16-45-49)32-18-43-35-34(44-22-46-50(32)35)48(19-24-4-8-29(52-2)9-5-24)20-25-6-10-30(53-3)11-7-25/h4-18,21-22H,19-20H2,1-3H3,(H,47,51). The van der Waals surface area contributed by atoms with Crippen molar-refractivity contribution in [3.05, 3.63) is 132 Å². The molecular formula is C37H31F3N10O3. The number of halogens is 3. The summed E-state index contributed by atoms with van der Waals surface area (Å²) in [6.45, 7) is 2.81. The summed E-state index contributed by atoms with van der Waals surface area (Å²) in [5.74, 6) is 1.39. The van der Waals surface area contributed by atoms with E-state index in [-0.39, 0.29) is 11.3 Å². The van der Waals surface area contributed by atoms with Crippen LogP contribution in [-0.4, -0.2) is 59.5 Å². The Hall–Kier alpha value is -6.84. The molecule has 0 aliphatic rings. The van der Waals surface area contributed by atoms with E-state index < -0.39 is 17.8 Å². The number of nitrogens with one attached hydrogen (secondary N) is 1. The van der Waals surface area contributed by atoms with Gasteiger partial charge in [-0.1, -0.05) is 24.3 Å². The number of benzene rings is 2. The van der Waals surface area contributed by atoms with E-state index in [2.05, 4.69) is 35.4 Å². The molecule has 53 heavy (non-hydrogen) atoms. The number of ether oxygens (including phenoxy) is 2. The average Bonchev–Trinajstić information content (AvgIpc) is 3.83. The zero-order chi connectivity index (χ0) is 37.1. The first-order valence-corrected chi connectivity index (χ1v) is 16.2. The number of alkyl halides is 3. The first-order valence-electron chi connectivity index (χ1n) is 16.2. The van der Waals surface area contributed by atoms with Crippen molar-refractivity contribution in [2.45, 2.75) is 26.2 Å². The maximum absolute atomic E-state index is 13.2. The van der Waals surface area contributed by atoms with Gasteiger partial charge < -0.3 is 19.7 Å². The van der Waals surface area contributed by atoms with E-state index in [0.717, 1.165) is 28.8 Å². The number of aromatic nitrogens is 8. The van der Waals surface area contributed by atoms with Crippen molar-refractivity contribution in [3.8, 4) is 28.4 Å². The molecule has 2 aromatic carbocycles. The van der Waals surface area contributed by atoms with Gasteiger partial charge in [-0.3, -0.25) is 14.8 Å². The Morgan fingerprint density at radius 3 is 2.15 bits per heavy atom. The van der Waals surface area contributed by atoms with Crippen molar-refractivity contribution in [2.75, 3.05) is 24.4 Å². The summed E-state index contributed by atoms with van der Waals surface area (Å²) in [4.78, 5) is 32.1. The normalized spacial score (nSPS) is 11.4. The van der Waals surface area contributed by atoms with E-state index in [9.17, 15) is 18.0 Å². The summed E-state index contributed by atoms with van der Waals surface area (Å²) in [6, 6.07) is 19.2. The van der Waals surface area contributed by atoms with Gasteiger partial charge in [0.15, 0.2) is 11.5 Å². The number of hydrogen-bond donors (Lipinski definition) is 1. The fourth-order valence-electron chi connectivity index (χ4n) is 5.67. The minimum atomic E-state index is -4.69. The smallest absolute Gasteiger partial charge is 0.433 e. The minimum absolute atomic E-state index is 0.198. The Labute approximate surface area is 300 Å². The summed E-state index contributed by atoms with van der Waals surface area (Å²) in [5, 5.41) is 11.7. The lowest BCUT2D eigenvalue weighted by molar-refractivity contribution is -0.141. The van der Waals surface area contributed by atoms with Gasteiger partial charge in [0.25, 0.3) is 5.91 Å². The number of anilines is 2. The molecule has 5 heterocycles. The zero-order valence-corrected chi connectivity index (χ0v) is 28.6. The lowest BCUT2D eigenvalue weighted by Crippen LogP contribution is -2.24. The highest BCUT2D eigenvalue weighted by Gasteiger charge is 2.33. The van der Waals surface area contributed by atoms with E-state index >= 15 is 0 Å². The Balaban J connectivity index is 1.17. The van der Waals surface area contributed by atoms with Crippen LogP contribution in [-0.2, 0) is 19.3 Å². The highest BCUT2D eigenvalue weighted by atomic mass is 19.4. The topological polar surface area (TPSA) is 137 Å². The fraction of sp³-hybridized carbons (Fsp3) is 0.162. The number of hydrogen-bond acceptors (Lipinski definition) is 10. The lowest BCUT2D eigenvalue weighted by atomic mass is 10.1. The highest BCUT2D eigenvalue weighted by molar-refractivity contribution is 6.04. The van der Waals surface area contributed by atoms with Crippen LogP contribution in [0, 0.1) is 6.92 Å². The number of rotatable bonds is 11. The zero-order valence-electron chi connectivity index (χ0n) is 28.6. The van der Waals surface area contributed by atoms with Crippen LogP contribution in [0.15, 0.2) is 104 Å². The van der Waals surface area contributed by atoms with Gasteiger partial charge in [-0.25, -0.2) is 19.2 Å². The van der Waals surface area contributed by atoms with Crippen LogP contribution in [0.25, 0.3) is 22.6 Å². The number of nitrogens with zero attached hydrogens (tertiary/aromatic N) is 9. The molecule has 7 aromatic rings. The first kappa shape index (κ1) is 34.6. The largest absolute Gasteiger partial charge is 0.497 e. The van der Waals surface area contributed by atoms with Crippen LogP contribution in [0.2, 0.25) is 0 Å². The van der Waals surface area contributed by atoms with Gasteiger partial charge in [0.05, 0.1) is 55.6 Å². The summed E-state index contributed by atoms with van der Waals surface area (Å²) < 4.78 is 53.4. The van der Waals surface area contributed by atoms with Crippen LogP contribution in [0.4, 0.5) is 24.7 Å². The van der Waals surface area contributed by atoms with Gasteiger partial charge in [-0.05, 0) is 60.5 Å². The molecule has 0 radical (unpaired) electrons. The SMILES string of the molecule is COc1ccc(CN(Cc2ccc(OC)cc2)c2ncnn3c(-c4cnn(-c5cc(NC(=O)c6ccnc(C(F)(F)F)c6)cnc5C)c4)cnc23)cc1. The Bertz CT molecular complexity index is 2340. The van der Waals surface area contributed by atoms with Crippen LogP contribution in [0.1, 0.15) is 32.9 Å². The minimum Gasteiger partial charge on any atom is -0.497 e. The number of pyridine rings is 2. The highest BCUT2D eigenvalue weighted by Crippen LogP contribution is 2.30. The van der Waals surface area contributed by atoms with Crippen molar-refractivity contribution in [3.63, 3.8) is 0 Å². The van der Waals surface area contributed by atoms with Gasteiger partial charge >= 0.3 is 6.18 Å². The number of carbonyl (C=O) groups is 1. The molecule has 1 N–H and O–H groups in total. The third kappa shape index (κ3) is 7.46. The van der Waals surface area contributed by atoms with Crippen molar-refractivity contribution in [1.29, 1.82) is 0 Å². The third-order valence-corrected chi connectivity index (χ3v) is 8.41. The predicted molar refractivity (Wildman–Crippen MR) is 189 cm³/mol. The Morgan fingerprint density at radius 1 is 0.830 bits per heavy atom. The van der Waals surface area contributed by atoms with E-state index in [1.807, 2.05) is 48.5 Å². The molecule has 13 nitrogen and oxygen atoms in total. The van der Waals surface area contributed by atoms with Gasteiger partial charge in [0.1, 0.15) is 23.5 Å². The molecule has 0 saturated carbocycles. The van der Waals surface area contributed by atoms with Crippen LogP contribution in [0.5, 0.6) is 11.5 Å². The second-order valence-electron chi connectivity index (χ2n) is 11.9. The van der Waals surface area contributed by atoms with E-state index in [1.165, 1.54) is 18.6 Å². The second kappa shape index (κ2) is 14.4. The number of amides is 1. The molecule has 0 spiro atoms. The molecule has 0 aliphatic heterocycles. The third-order valence-electron chi connectivity index (χ3n) is 8.41. The number of methoxy groups -OCH3 is 2. The maximum atomic E-state index is 13.2. The van der Waals surface area contributed by atoms with Crippen molar-refractivity contribution in [1.82, 2.24) is 39.3 Å². The fourth-order valence-corrected chi connectivity index (χ4v) is 5.67. The molecular weight excluding hydrogens is 689 g/mol. The Kier molecular flexibility index (Phi) is 9.41. The van der Waals surface area contributed by atoms with Gasteiger partial charge in [-0.2, -0.15) is 23.4 Å². The number of fused-ring (bicyclic) bond motifs is 1. The summed E-state index contributed by atoms with van der Waals surface area (Å²) >= 11 is 0. The number of aryl methyl sites for hydroxylation is 1. The average molecular weight is 721 g/mol. The number of imidazole rings is 1. The molecule has 7 rings (SSSR count). The van der Waals surface area contributed by atoms with Crippen molar-refractivity contribution in [2.24, 2.45) is 0 Å². The lowest BCUT2D eigenvalue weighted by Gasteiger charge is -2.24. The molecule has 16 heteroatoms. The first-order chi connectivity index (χ1) is 25.6. The van der Waals surface area contributed by atoms with Gasteiger partial charge in [-0.15, -0.1) is 0 Å². The molecule has 0 fully saturated rings. The molecule has 0 aliphatic carbocycles. The summed E-state index contributed by atoms with van der Waals surface area (Å²) in [7, 11) is 3.26. The monoisotopic (exact) mass is 720 g/mol. The molecule has 0 unspecified atom stereocenters.